The van der Waals surface area contributed by atoms with Gasteiger partial charge in [0.2, 0.25) is 0 Å². The number of aryl methyl sites for hydroxylation is 2. The molecule has 0 amide bonds. The van der Waals surface area contributed by atoms with Crippen LogP contribution in [0.25, 0.3) is 0 Å². The van der Waals surface area contributed by atoms with Gasteiger partial charge in [0.15, 0.2) is 0 Å². The Morgan fingerprint density at radius 3 is 2.90 bits per heavy atom. The van der Waals surface area contributed by atoms with Crippen molar-refractivity contribution in [3.05, 3.63) is 33.8 Å². The molecule has 0 aromatic carbocycles. The van der Waals surface area contributed by atoms with E-state index in [0.29, 0.717) is 0 Å². The monoisotopic (exact) mass is 294 g/mol. The van der Waals surface area contributed by atoms with Crippen molar-refractivity contribution in [1.82, 2.24) is 15.2 Å². The van der Waals surface area contributed by atoms with Gasteiger partial charge in [-0.2, -0.15) is 5.10 Å². The van der Waals surface area contributed by atoms with Crippen LogP contribution in [-0.2, 0) is 19.4 Å². The van der Waals surface area contributed by atoms with Gasteiger partial charge in [0.1, 0.15) is 5.75 Å². The van der Waals surface area contributed by atoms with E-state index in [1.165, 1.54) is 5.69 Å². The summed E-state index contributed by atoms with van der Waals surface area (Å²) in [4.78, 5) is 1.12. The van der Waals surface area contributed by atoms with Crippen molar-refractivity contribution >= 4 is 11.3 Å². The highest BCUT2D eigenvalue weighted by atomic mass is 32.1. The molecule has 1 unspecified atom stereocenters. The molecule has 3 N–H and O–H groups in total. The number of aromatic nitrogens is 2. The molecule has 2 heterocycles. The lowest BCUT2D eigenvalue weighted by molar-refractivity contribution is 0.402. The van der Waals surface area contributed by atoms with E-state index in [1.54, 1.807) is 18.4 Å². The summed E-state index contributed by atoms with van der Waals surface area (Å²) in [5, 5.41) is 6.60. The van der Waals surface area contributed by atoms with E-state index >= 15 is 0 Å². The highest BCUT2D eigenvalue weighted by molar-refractivity contribution is 7.10. The maximum absolute atomic E-state index is 5.74. The van der Waals surface area contributed by atoms with Crippen LogP contribution >= 0.6 is 11.3 Å². The molecule has 1 atom stereocenters. The molecule has 0 spiro atoms. The highest BCUT2D eigenvalue weighted by Crippen LogP contribution is 2.32. The molecule has 5 nitrogen and oxygen atoms in total. The van der Waals surface area contributed by atoms with E-state index in [2.05, 4.69) is 30.4 Å². The number of nitrogens with two attached hydrogens (primary N) is 1. The Labute approximate surface area is 123 Å². The second-order valence-corrected chi connectivity index (χ2v) is 5.52. The zero-order valence-electron chi connectivity index (χ0n) is 12.2. The summed E-state index contributed by atoms with van der Waals surface area (Å²) in [6, 6.07) is 4.17. The summed E-state index contributed by atoms with van der Waals surface area (Å²) in [5.74, 6) is 6.62. The van der Waals surface area contributed by atoms with Gasteiger partial charge in [-0.3, -0.25) is 16.0 Å². The van der Waals surface area contributed by atoms with Gasteiger partial charge in [-0.25, -0.2) is 0 Å². The summed E-state index contributed by atoms with van der Waals surface area (Å²) < 4.78 is 7.43. The van der Waals surface area contributed by atoms with Crippen molar-refractivity contribution in [1.29, 1.82) is 0 Å². The molecule has 2 rings (SSSR count). The van der Waals surface area contributed by atoms with Gasteiger partial charge < -0.3 is 4.74 Å². The zero-order chi connectivity index (χ0) is 14.5. The van der Waals surface area contributed by atoms with Crippen molar-refractivity contribution in [3.63, 3.8) is 0 Å². The first-order chi connectivity index (χ1) is 9.73. The number of hydrazine groups is 1. The van der Waals surface area contributed by atoms with Crippen molar-refractivity contribution in [2.24, 2.45) is 5.84 Å². The Bertz CT molecular complexity index is 549. The first kappa shape index (κ1) is 15.0. The fraction of sp³-hybridized carbons (Fsp3) is 0.500. The quantitative estimate of drug-likeness (QED) is 0.607. The standard InChI is InChI=1S/C14H22N4OS/c1-4-10-8-11(18(5-2)17-10)9-12(16-15)14-13(19-3)6-7-20-14/h6-8,12,16H,4-5,9,15H2,1-3H3. The molecular weight excluding hydrogens is 272 g/mol. The lowest BCUT2D eigenvalue weighted by Crippen LogP contribution is -2.29. The van der Waals surface area contributed by atoms with Crippen LogP contribution in [0.15, 0.2) is 17.5 Å². The predicted octanol–water partition coefficient (Wildman–Crippen LogP) is 2.28. The van der Waals surface area contributed by atoms with Crippen LogP contribution in [0.3, 0.4) is 0 Å². The predicted molar refractivity (Wildman–Crippen MR) is 81.9 cm³/mol. The average molecular weight is 294 g/mol. The number of nitrogens with zero attached hydrogens (tertiary/aromatic N) is 2. The fourth-order valence-electron chi connectivity index (χ4n) is 2.29. The lowest BCUT2D eigenvalue weighted by Gasteiger charge is -2.16. The third-order valence-corrected chi connectivity index (χ3v) is 4.40. The second-order valence-electron chi connectivity index (χ2n) is 4.57. The SMILES string of the molecule is CCc1cc(CC(NN)c2sccc2OC)n(CC)n1. The molecule has 0 radical (unpaired) electrons. The van der Waals surface area contributed by atoms with E-state index in [1.807, 2.05) is 16.1 Å². The molecule has 0 saturated carbocycles. The van der Waals surface area contributed by atoms with Crippen LogP contribution < -0.4 is 16.0 Å². The summed E-state index contributed by atoms with van der Waals surface area (Å²) in [5.41, 5.74) is 5.21. The van der Waals surface area contributed by atoms with E-state index in [-0.39, 0.29) is 6.04 Å². The Morgan fingerprint density at radius 1 is 1.50 bits per heavy atom. The Hall–Kier alpha value is -1.37. The normalized spacial score (nSPS) is 12.6. The minimum absolute atomic E-state index is 0.0386. The molecule has 0 aliphatic rings. The van der Waals surface area contributed by atoms with Gasteiger partial charge >= 0.3 is 0 Å². The van der Waals surface area contributed by atoms with Crippen molar-refractivity contribution < 1.29 is 4.74 Å². The number of hydrogen-bond acceptors (Lipinski definition) is 5. The first-order valence-corrected chi connectivity index (χ1v) is 7.74. The second kappa shape index (κ2) is 6.88. The van der Waals surface area contributed by atoms with Gasteiger partial charge in [0.25, 0.3) is 0 Å². The van der Waals surface area contributed by atoms with E-state index < -0.39 is 0 Å². The average Bonchev–Trinajstić information content (AvgIpc) is 3.10. The minimum atomic E-state index is 0.0386. The number of methoxy groups -OCH3 is 1. The van der Waals surface area contributed by atoms with Crippen LogP contribution in [0.5, 0.6) is 5.75 Å². The highest BCUT2D eigenvalue weighted by Gasteiger charge is 2.19. The number of thiophene rings is 1. The van der Waals surface area contributed by atoms with E-state index in [4.69, 9.17) is 10.6 Å². The molecular formula is C14H22N4OS. The maximum Gasteiger partial charge on any atom is 0.134 e. The lowest BCUT2D eigenvalue weighted by atomic mass is 10.1. The molecule has 6 heteroatoms. The molecule has 0 aliphatic carbocycles. The van der Waals surface area contributed by atoms with Crippen LogP contribution in [0.2, 0.25) is 0 Å². The number of ether oxygens (including phenoxy) is 1. The van der Waals surface area contributed by atoms with Crippen LogP contribution in [-0.4, -0.2) is 16.9 Å². The van der Waals surface area contributed by atoms with Gasteiger partial charge in [-0.05, 0) is 30.9 Å². The topological polar surface area (TPSA) is 65.1 Å². The van der Waals surface area contributed by atoms with Crippen LogP contribution in [0.1, 0.15) is 36.2 Å². The smallest absolute Gasteiger partial charge is 0.134 e. The van der Waals surface area contributed by atoms with Crippen molar-refractivity contribution in [3.8, 4) is 5.75 Å². The Kier molecular flexibility index (Phi) is 5.17. The van der Waals surface area contributed by atoms with Gasteiger partial charge in [0.05, 0.1) is 23.7 Å². The van der Waals surface area contributed by atoms with Gasteiger partial charge in [-0.1, -0.05) is 6.92 Å². The third-order valence-electron chi connectivity index (χ3n) is 3.38. The minimum Gasteiger partial charge on any atom is -0.496 e. The molecule has 2 aromatic rings. The third kappa shape index (κ3) is 3.03. The summed E-state index contributed by atoms with van der Waals surface area (Å²) in [7, 11) is 1.69. The van der Waals surface area contributed by atoms with E-state index in [9.17, 15) is 0 Å². The van der Waals surface area contributed by atoms with Crippen molar-refractivity contribution in [2.45, 2.75) is 39.3 Å². The Balaban J connectivity index is 2.24. The van der Waals surface area contributed by atoms with Crippen LogP contribution in [0, 0.1) is 0 Å². The number of rotatable bonds is 7. The van der Waals surface area contributed by atoms with E-state index in [0.717, 1.165) is 35.7 Å². The fourth-order valence-corrected chi connectivity index (χ4v) is 3.22. The largest absolute Gasteiger partial charge is 0.496 e. The van der Waals surface area contributed by atoms with Crippen molar-refractivity contribution in [2.75, 3.05) is 7.11 Å². The van der Waals surface area contributed by atoms with Gasteiger partial charge in [-0.15, -0.1) is 11.3 Å². The number of nitrogens with one attached hydrogen (secondary N) is 1. The first-order valence-electron chi connectivity index (χ1n) is 6.86. The summed E-state index contributed by atoms with van der Waals surface area (Å²) >= 11 is 1.65. The summed E-state index contributed by atoms with van der Waals surface area (Å²) in [6.45, 7) is 5.09. The molecule has 0 saturated heterocycles. The molecule has 0 bridgehead atoms. The maximum atomic E-state index is 5.74. The number of hydrogen-bond donors (Lipinski definition) is 2. The molecule has 0 aliphatic heterocycles. The summed E-state index contributed by atoms with van der Waals surface area (Å²) in [6.07, 6.45) is 1.75. The van der Waals surface area contributed by atoms with Crippen LogP contribution in [0.4, 0.5) is 0 Å². The Morgan fingerprint density at radius 2 is 2.30 bits per heavy atom. The molecule has 110 valence electrons. The van der Waals surface area contributed by atoms with Gasteiger partial charge in [0, 0.05) is 18.7 Å². The molecule has 0 fully saturated rings. The zero-order valence-corrected chi connectivity index (χ0v) is 13.0. The molecule has 20 heavy (non-hydrogen) atoms. The molecule has 2 aromatic heterocycles.